The highest BCUT2D eigenvalue weighted by atomic mass is 19.2. The van der Waals surface area contributed by atoms with Gasteiger partial charge in [-0.05, 0) is 13.3 Å². The molecule has 0 aromatic rings. The van der Waals surface area contributed by atoms with E-state index in [0.717, 1.165) is 0 Å². The van der Waals surface area contributed by atoms with Crippen molar-refractivity contribution >= 4 is 0 Å². The van der Waals surface area contributed by atoms with Crippen LogP contribution in [-0.4, -0.2) is 18.5 Å². The van der Waals surface area contributed by atoms with Gasteiger partial charge in [-0.1, -0.05) is 6.92 Å². The van der Waals surface area contributed by atoms with Gasteiger partial charge in [-0.25, -0.2) is 13.2 Å². The molecule has 0 nitrogen and oxygen atoms in total. The molecule has 0 saturated carbocycles. The first kappa shape index (κ1) is 10.8. The van der Waals surface area contributed by atoms with E-state index in [9.17, 15) is 13.2 Å². The molecule has 0 rings (SSSR count). The maximum absolute atomic E-state index is 12.6. The molecule has 0 bridgehead atoms. The van der Waals surface area contributed by atoms with Crippen molar-refractivity contribution in [3.8, 4) is 0 Å². The summed E-state index contributed by atoms with van der Waals surface area (Å²) in [5.41, 5.74) is 0. The third-order valence-electron chi connectivity index (χ3n) is 1.54. The Balaban J connectivity index is 3.43. The van der Waals surface area contributed by atoms with Gasteiger partial charge in [0.15, 0.2) is 0 Å². The van der Waals surface area contributed by atoms with Gasteiger partial charge in [0.25, 0.3) is 0 Å². The van der Waals surface area contributed by atoms with Crippen LogP contribution in [0.3, 0.4) is 0 Å². The smallest absolute Gasteiger partial charge is 0.106 e. The Kier molecular flexibility index (Phi) is 5.34. The molecule has 0 saturated heterocycles. The first-order chi connectivity index (χ1) is 5.06. The third-order valence-corrected chi connectivity index (χ3v) is 1.54. The van der Waals surface area contributed by atoms with Crippen LogP contribution in [0.1, 0.15) is 33.1 Å². The summed E-state index contributed by atoms with van der Waals surface area (Å²) < 4.78 is 37.2. The molecule has 0 aliphatic carbocycles. The largest absolute Gasteiger partial charge is 0.248 e. The molecular weight excluding hydrogens is 153 g/mol. The van der Waals surface area contributed by atoms with E-state index in [4.69, 9.17) is 0 Å². The van der Waals surface area contributed by atoms with E-state index in [1.54, 1.807) is 6.92 Å². The zero-order valence-electron chi connectivity index (χ0n) is 6.99. The first-order valence-electron chi connectivity index (χ1n) is 3.98. The Hall–Kier alpha value is -0.210. The monoisotopic (exact) mass is 168 g/mol. The topological polar surface area (TPSA) is 0 Å². The predicted octanol–water partition coefficient (Wildman–Crippen LogP) is 3.21. The van der Waals surface area contributed by atoms with E-state index in [1.165, 1.54) is 6.92 Å². The van der Waals surface area contributed by atoms with Gasteiger partial charge in [0, 0.05) is 12.8 Å². The van der Waals surface area contributed by atoms with Crippen molar-refractivity contribution in [2.24, 2.45) is 0 Å². The highest BCUT2D eigenvalue weighted by Crippen LogP contribution is 2.14. The molecule has 68 valence electrons. The maximum atomic E-state index is 12.6. The van der Waals surface area contributed by atoms with Crippen LogP contribution < -0.4 is 0 Å². The molecule has 0 aromatic carbocycles. The lowest BCUT2D eigenvalue weighted by molar-refractivity contribution is 0.173. The minimum absolute atomic E-state index is 0.162. The van der Waals surface area contributed by atoms with Crippen molar-refractivity contribution in [1.82, 2.24) is 0 Å². The van der Waals surface area contributed by atoms with Gasteiger partial charge in [0.2, 0.25) is 0 Å². The number of hydrogen-bond donors (Lipinski definition) is 0. The summed E-state index contributed by atoms with van der Waals surface area (Å²) in [7, 11) is 0. The fourth-order valence-corrected chi connectivity index (χ4v) is 0.893. The number of alkyl halides is 3. The number of halogens is 3. The molecule has 3 unspecified atom stereocenters. The SMILES string of the molecule is CCC(F)CC(F)CC(C)F. The van der Waals surface area contributed by atoms with E-state index in [1.807, 2.05) is 0 Å². The summed E-state index contributed by atoms with van der Waals surface area (Å²) in [5, 5.41) is 0. The molecule has 0 N–H and O–H groups in total. The van der Waals surface area contributed by atoms with E-state index >= 15 is 0 Å². The standard InChI is InChI=1S/C8H15F3/c1-3-7(10)5-8(11)4-6(2)9/h6-8H,3-5H2,1-2H3. The number of rotatable bonds is 5. The van der Waals surface area contributed by atoms with Crippen molar-refractivity contribution in [3.05, 3.63) is 0 Å². The molecule has 3 atom stereocenters. The summed E-state index contributed by atoms with van der Waals surface area (Å²) >= 11 is 0. The second-order valence-corrected chi connectivity index (χ2v) is 2.85. The van der Waals surface area contributed by atoms with Crippen molar-refractivity contribution < 1.29 is 13.2 Å². The van der Waals surface area contributed by atoms with Crippen molar-refractivity contribution in [2.45, 2.75) is 51.6 Å². The Bertz CT molecular complexity index is 93.3. The van der Waals surface area contributed by atoms with E-state index in [2.05, 4.69) is 0 Å². The average molecular weight is 168 g/mol. The van der Waals surface area contributed by atoms with Gasteiger partial charge >= 0.3 is 0 Å². The Labute approximate surface area is 65.8 Å². The molecule has 0 radical (unpaired) electrons. The fraction of sp³-hybridized carbons (Fsp3) is 1.00. The van der Waals surface area contributed by atoms with Crippen LogP contribution in [0.15, 0.2) is 0 Å². The zero-order chi connectivity index (χ0) is 8.85. The molecule has 0 spiro atoms. The van der Waals surface area contributed by atoms with Crippen molar-refractivity contribution in [2.75, 3.05) is 0 Å². The van der Waals surface area contributed by atoms with Crippen LogP contribution in [-0.2, 0) is 0 Å². The summed E-state index contributed by atoms with van der Waals surface area (Å²) in [4.78, 5) is 0. The van der Waals surface area contributed by atoms with Gasteiger partial charge in [-0.15, -0.1) is 0 Å². The third kappa shape index (κ3) is 6.20. The lowest BCUT2D eigenvalue weighted by atomic mass is 10.1. The fourth-order valence-electron chi connectivity index (χ4n) is 0.893. The summed E-state index contributed by atoms with van der Waals surface area (Å²) in [5.74, 6) is 0. The molecule has 0 aliphatic rings. The number of hydrogen-bond acceptors (Lipinski definition) is 0. The summed E-state index contributed by atoms with van der Waals surface area (Å²) in [6.07, 6.45) is -3.66. The molecule has 11 heavy (non-hydrogen) atoms. The van der Waals surface area contributed by atoms with E-state index in [0.29, 0.717) is 6.42 Å². The summed E-state index contributed by atoms with van der Waals surface area (Å²) in [6, 6.07) is 0. The van der Waals surface area contributed by atoms with E-state index < -0.39 is 18.5 Å². The minimum atomic E-state index is -1.33. The highest BCUT2D eigenvalue weighted by Gasteiger charge is 2.15. The van der Waals surface area contributed by atoms with E-state index in [-0.39, 0.29) is 12.8 Å². The van der Waals surface area contributed by atoms with Crippen LogP contribution in [0.4, 0.5) is 13.2 Å². The van der Waals surface area contributed by atoms with Crippen LogP contribution in [0.5, 0.6) is 0 Å². The van der Waals surface area contributed by atoms with Gasteiger partial charge < -0.3 is 0 Å². The van der Waals surface area contributed by atoms with Crippen molar-refractivity contribution in [3.63, 3.8) is 0 Å². The van der Waals surface area contributed by atoms with Crippen molar-refractivity contribution in [1.29, 1.82) is 0 Å². The molecule has 0 aliphatic heterocycles. The van der Waals surface area contributed by atoms with Crippen LogP contribution in [0.2, 0.25) is 0 Å². The normalized spacial score (nSPS) is 19.4. The Morgan fingerprint density at radius 2 is 1.55 bits per heavy atom. The average Bonchev–Trinajstić information content (AvgIpc) is 1.85. The molecule has 0 amide bonds. The van der Waals surface area contributed by atoms with Crippen LogP contribution >= 0.6 is 0 Å². The van der Waals surface area contributed by atoms with Gasteiger partial charge in [-0.2, -0.15) is 0 Å². The lowest BCUT2D eigenvalue weighted by Gasteiger charge is -2.10. The first-order valence-corrected chi connectivity index (χ1v) is 3.98. The summed E-state index contributed by atoms with van der Waals surface area (Å²) in [6.45, 7) is 2.93. The van der Waals surface area contributed by atoms with Gasteiger partial charge in [-0.3, -0.25) is 0 Å². The van der Waals surface area contributed by atoms with Gasteiger partial charge in [0.05, 0.1) is 0 Å². The molecule has 0 fully saturated rings. The minimum Gasteiger partial charge on any atom is -0.248 e. The lowest BCUT2D eigenvalue weighted by Crippen LogP contribution is -2.13. The van der Waals surface area contributed by atoms with Crippen LogP contribution in [0, 0.1) is 0 Å². The maximum Gasteiger partial charge on any atom is 0.106 e. The molecule has 0 heterocycles. The van der Waals surface area contributed by atoms with Gasteiger partial charge in [0.1, 0.15) is 18.5 Å². The van der Waals surface area contributed by atoms with Crippen LogP contribution in [0.25, 0.3) is 0 Å². The zero-order valence-corrected chi connectivity index (χ0v) is 6.99. The second-order valence-electron chi connectivity index (χ2n) is 2.85. The second kappa shape index (κ2) is 5.44. The molecule has 0 aromatic heterocycles. The molecular formula is C8H15F3. The predicted molar refractivity (Wildman–Crippen MR) is 39.9 cm³/mol. The Morgan fingerprint density at radius 3 is 1.91 bits per heavy atom. The Morgan fingerprint density at radius 1 is 1.00 bits per heavy atom. The highest BCUT2D eigenvalue weighted by molar-refractivity contribution is 4.65. The quantitative estimate of drug-likeness (QED) is 0.591. The molecule has 3 heteroatoms.